The van der Waals surface area contributed by atoms with Crippen molar-refractivity contribution in [3.8, 4) is 0 Å². The third kappa shape index (κ3) is 4.48. The van der Waals surface area contributed by atoms with Crippen LogP contribution in [-0.4, -0.2) is 27.9 Å². The monoisotopic (exact) mass is 76.0 g/mol. The molecule has 18 valence electrons. The summed E-state index contributed by atoms with van der Waals surface area (Å²) in [4.78, 5) is 0. The first-order chi connectivity index (χ1) is 2.27. The van der Waals surface area contributed by atoms with Gasteiger partial charge in [0.15, 0.2) is 0 Å². The molecule has 0 atom stereocenters. The Bertz CT molecular complexity index is 30.6. The first kappa shape index (κ1) is 5.48. The molecule has 0 spiro atoms. The van der Waals surface area contributed by atoms with E-state index >= 15 is 0 Å². The van der Waals surface area contributed by atoms with E-state index in [4.69, 9.17) is 15.5 Å². The molecule has 0 aromatic heterocycles. The van der Waals surface area contributed by atoms with E-state index in [9.17, 15) is 0 Å². The maximum absolute atomic E-state index is 4.91. The molecule has 0 saturated heterocycles. The van der Waals surface area contributed by atoms with Gasteiger partial charge in [0.05, 0.1) is 0 Å². The predicted octanol–water partition coefficient (Wildman–Crippen LogP) is -0.875. The molecule has 0 amide bonds. The van der Waals surface area contributed by atoms with E-state index in [2.05, 4.69) is 12.1 Å². The molecule has 0 unspecified atom stereocenters. The van der Waals surface area contributed by atoms with Crippen molar-refractivity contribution >= 4 is 40.0 Å². The molecule has 0 bridgehead atoms. The molecule has 5 heteroatoms. The summed E-state index contributed by atoms with van der Waals surface area (Å²) in [6.07, 6.45) is -0.426. The number of hydrogen-bond donors (Lipinski definition) is 0. The standard InChI is InChI=1S/B4S/c1-4(2)3-5. The van der Waals surface area contributed by atoms with Gasteiger partial charge >= 0.3 is 40.0 Å². The summed E-state index contributed by atoms with van der Waals surface area (Å²) in [6.45, 7) is 0. The van der Waals surface area contributed by atoms with Gasteiger partial charge < -0.3 is 0 Å². The van der Waals surface area contributed by atoms with Crippen molar-refractivity contribution in [1.82, 2.24) is 0 Å². The Morgan fingerprint density at radius 1 is 1.60 bits per heavy atom. The maximum atomic E-state index is 4.91. The third-order valence-electron chi connectivity index (χ3n) is 0.157. The number of rotatable bonds is 1. The van der Waals surface area contributed by atoms with Crippen molar-refractivity contribution in [2.24, 2.45) is 0 Å². The van der Waals surface area contributed by atoms with Crippen LogP contribution in [0.25, 0.3) is 0 Å². The van der Waals surface area contributed by atoms with Gasteiger partial charge in [0.1, 0.15) is 0 Å². The molecular weight excluding hydrogens is 75.3 g/mol. The molecule has 0 aliphatic carbocycles. The molecule has 0 N–H and O–H groups in total. The average molecular weight is 75.3 g/mol. The Kier molecular flexibility index (Phi) is 2.96. The van der Waals surface area contributed by atoms with Crippen LogP contribution in [0, 0.1) is 0 Å². The summed E-state index contributed by atoms with van der Waals surface area (Å²) in [7, 11) is 9.82. The summed E-state index contributed by atoms with van der Waals surface area (Å²) in [6, 6.07) is 1.31. The van der Waals surface area contributed by atoms with E-state index in [1.54, 1.807) is 0 Å². The van der Waals surface area contributed by atoms with E-state index in [-0.39, 0.29) is 0 Å². The van der Waals surface area contributed by atoms with Gasteiger partial charge in [-0.2, -0.15) is 0 Å². The summed E-state index contributed by atoms with van der Waals surface area (Å²) in [5.74, 6) is 0. The zero-order valence-electron chi connectivity index (χ0n) is 2.72. The van der Waals surface area contributed by atoms with Crippen molar-refractivity contribution in [3.63, 3.8) is 0 Å². The zero-order chi connectivity index (χ0) is 4.28. The van der Waals surface area contributed by atoms with Crippen LogP contribution in [-0.2, 0) is 0 Å². The van der Waals surface area contributed by atoms with Crippen molar-refractivity contribution < 1.29 is 0 Å². The SMILES string of the molecule is [B]B([B])B=S. The normalized spacial score (nSPS) is 5.60. The Balaban J connectivity index is 2.83. The molecular formula is B4S. The quantitative estimate of drug-likeness (QED) is 0.365. The van der Waals surface area contributed by atoms with Crippen LogP contribution in [0.2, 0.25) is 0 Å². The van der Waals surface area contributed by atoms with E-state index in [1.807, 2.05) is 0 Å². The molecule has 0 aromatic carbocycles. The molecule has 0 nitrogen and oxygen atoms in total. The molecule has 5 heavy (non-hydrogen) atoms. The molecule has 0 aliphatic rings. The van der Waals surface area contributed by atoms with Gasteiger partial charge in [-0.1, -0.05) is 0 Å². The van der Waals surface area contributed by atoms with E-state index in [0.717, 1.165) is 0 Å². The first-order valence-corrected chi connectivity index (χ1v) is 1.71. The molecule has 0 saturated carbocycles. The number of hydrogen-bond acceptors (Lipinski definition) is 1. The Morgan fingerprint density at radius 2 is 1.80 bits per heavy atom. The van der Waals surface area contributed by atoms with Gasteiger partial charge in [0.2, 0.25) is 0 Å². The molecule has 4 radical (unpaired) electrons. The van der Waals surface area contributed by atoms with Crippen LogP contribution in [0.15, 0.2) is 0 Å². The van der Waals surface area contributed by atoms with E-state index in [1.165, 1.54) is 6.05 Å². The van der Waals surface area contributed by atoms with Crippen LogP contribution in [0.3, 0.4) is 0 Å². The van der Waals surface area contributed by atoms with Crippen molar-refractivity contribution in [2.75, 3.05) is 0 Å². The van der Waals surface area contributed by atoms with Gasteiger partial charge in [-0.05, 0) is 0 Å². The van der Waals surface area contributed by atoms with Gasteiger partial charge in [-0.3, -0.25) is 0 Å². The van der Waals surface area contributed by atoms with Gasteiger partial charge in [0.25, 0.3) is 0 Å². The fourth-order valence-electron chi connectivity index (χ4n) is 0. The second-order valence-electron chi connectivity index (χ2n) is 0.713. The van der Waals surface area contributed by atoms with Gasteiger partial charge in [-0.15, -0.1) is 0 Å². The second kappa shape index (κ2) is 2.70. The predicted molar refractivity (Wildman–Crippen MR) is 30.6 cm³/mol. The van der Waals surface area contributed by atoms with Crippen LogP contribution in [0.1, 0.15) is 0 Å². The molecule has 0 heterocycles. The third-order valence-corrected chi connectivity index (χ3v) is 0.471. The fraction of sp³-hybridized carbons (Fsp3) is 0. The van der Waals surface area contributed by atoms with Crippen molar-refractivity contribution in [3.05, 3.63) is 0 Å². The van der Waals surface area contributed by atoms with E-state index < -0.39 is 6.39 Å². The second-order valence-corrected chi connectivity index (χ2v) is 0.986. The minimum atomic E-state index is -0.426. The zero-order valence-corrected chi connectivity index (χ0v) is 3.53. The average Bonchev–Trinajstić information content (AvgIpc) is 1.38. The van der Waals surface area contributed by atoms with E-state index in [0.29, 0.717) is 0 Å². The van der Waals surface area contributed by atoms with Crippen LogP contribution in [0.4, 0.5) is 0 Å². The van der Waals surface area contributed by atoms with Gasteiger partial charge in [0, 0.05) is 0 Å². The summed E-state index contributed by atoms with van der Waals surface area (Å²) in [5, 5.41) is 0. The minimum absolute atomic E-state index is 0.426. The van der Waals surface area contributed by atoms with Gasteiger partial charge in [-0.25, -0.2) is 0 Å². The Hall–Kier alpha value is 0.480. The molecule has 0 aromatic rings. The van der Waals surface area contributed by atoms with Crippen molar-refractivity contribution in [1.29, 1.82) is 0 Å². The molecule has 0 rings (SSSR count). The Morgan fingerprint density at radius 3 is 1.80 bits per heavy atom. The Labute approximate surface area is 40.7 Å². The summed E-state index contributed by atoms with van der Waals surface area (Å²) < 4.78 is 0. The molecule has 0 fully saturated rings. The van der Waals surface area contributed by atoms with Crippen LogP contribution in [0.5, 0.6) is 0 Å². The molecule has 0 aliphatic heterocycles. The topological polar surface area (TPSA) is 0 Å². The summed E-state index contributed by atoms with van der Waals surface area (Å²) >= 11 is 4.30. The summed E-state index contributed by atoms with van der Waals surface area (Å²) in [5.41, 5.74) is 0. The first-order valence-electron chi connectivity index (χ1n) is 1.24. The van der Waals surface area contributed by atoms with Crippen molar-refractivity contribution in [2.45, 2.75) is 0 Å². The fourth-order valence-corrected chi connectivity index (χ4v) is 0. The van der Waals surface area contributed by atoms with Crippen LogP contribution >= 0.6 is 12.1 Å². The van der Waals surface area contributed by atoms with Crippen LogP contribution < -0.4 is 0 Å².